The van der Waals surface area contributed by atoms with Crippen LogP contribution in [-0.2, 0) is 0 Å². The molecule has 1 aromatic heterocycles. The van der Waals surface area contributed by atoms with Crippen molar-refractivity contribution in [3.63, 3.8) is 0 Å². The van der Waals surface area contributed by atoms with Gasteiger partial charge in [-0.2, -0.15) is 0 Å². The zero-order valence-electron chi connectivity index (χ0n) is 9.87. The number of aromatic nitrogens is 2. The lowest BCUT2D eigenvalue weighted by molar-refractivity contribution is 0.263. The van der Waals surface area contributed by atoms with Crippen molar-refractivity contribution in [2.24, 2.45) is 5.73 Å². The van der Waals surface area contributed by atoms with Crippen LogP contribution >= 0.6 is 0 Å². The molecule has 0 aromatic carbocycles. The van der Waals surface area contributed by atoms with Gasteiger partial charge < -0.3 is 15.8 Å². The fourth-order valence-electron chi connectivity index (χ4n) is 2.53. The summed E-state index contributed by atoms with van der Waals surface area (Å²) in [4.78, 5) is 7.76. The molecular weight excluding hydrogens is 202 g/mol. The molecule has 2 rings (SSSR count). The molecule has 1 aliphatic rings. The van der Waals surface area contributed by atoms with Crippen LogP contribution in [0, 0.1) is 6.92 Å². The molecule has 1 saturated carbocycles. The van der Waals surface area contributed by atoms with Crippen LogP contribution < -0.4 is 5.73 Å². The Morgan fingerprint density at radius 1 is 1.44 bits per heavy atom. The maximum absolute atomic E-state index is 9.01. The minimum absolute atomic E-state index is 0.0585. The lowest BCUT2D eigenvalue weighted by Crippen LogP contribution is -2.16. The van der Waals surface area contributed by atoms with E-state index in [1.807, 2.05) is 6.92 Å². The third-order valence-electron chi connectivity index (χ3n) is 3.48. The number of imidazole rings is 1. The Labute approximate surface area is 96.3 Å². The molecule has 1 fully saturated rings. The SMILES string of the molecule is Cc1[nH]c(C(N)CO)nc1C1CCCCC1. The number of nitrogens with one attached hydrogen (secondary N) is 1. The standard InChI is InChI=1S/C12H21N3O/c1-8-11(9-5-3-2-4-6-9)15-12(14-8)10(13)7-16/h9-10,16H,2-7,13H2,1H3,(H,14,15). The first kappa shape index (κ1) is 11.6. The van der Waals surface area contributed by atoms with Crippen LogP contribution in [0.2, 0.25) is 0 Å². The molecule has 1 heterocycles. The zero-order valence-corrected chi connectivity index (χ0v) is 9.87. The molecule has 0 bridgehead atoms. The third kappa shape index (κ3) is 2.28. The topological polar surface area (TPSA) is 74.9 Å². The summed E-state index contributed by atoms with van der Waals surface area (Å²) in [5.74, 6) is 1.31. The zero-order chi connectivity index (χ0) is 11.5. The van der Waals surface area contributed by atoms with Crippen molar-refractivity contribution in [1.29, 1.82) is 0 Å². The number of aliphatic hydroxyl groups excluding tert-OH is 1. The van der Waals surface area contributed by atoms with E-state index in [-0.39, 0.29) is 12.6 Å². The van der Waals surface area contributed by atoms with Gasteiger partial charge in [0.1, 0.15) is 5.82 Å². The van der Waals surface area contributed by atoms with Crippen LogP contribution in [0.3, 0.4) is 0 Å². The monoisotopic (exact) mass is 223 g/mol. The summed E-state index contributed by atoms with van der Waals surface area (Å²) in [7, 11) is 0. The average Bonchev–Trinajstić information content (AvgIpc) is 2.71. The lowest BCUT2D eigenvalue weighted by Gasteiger charge is -2.20. The normalized spacial score (nSPS) is 19.9. The van der Waals surface area contributed by atoms with Crippen LogP contribution in [0.5, 0.6) is 0 Å². The molecule has 0 aliphatic heterocycles. The highest BCUT2D eigenvalue weighted by Gasteiger charge is 2.21. The molecule has 0 amide bonds. The van der Waals surface area contributed by atoms with Crippen molar-refractivity contribution in [3.05, 3.63) is 17.2 Å². The third-order valence-corrected chi connectivity index (χ3v) is 3.48. The molecule has 0 saturated heterocycles. The fraction of sp³-hybridized carbons (Fsp3) is 0.750. The lowest BCUT2D eigenvalue weighted by atomic mass is 9.86. The maximum Gasteiger partial charge on any atom is 0.125 e. The predicted octanol–water partition coefficient (Wildman–Crippen LogP) is 1.76. The van der Waals surface area contributed by atoms with Crippen molar-refractivity contribution in [2.75, 3.05) is 6.61 Å². The van der Waals surface area contributed by atoms with Crippen molar-refractivity contribution in [3.8, 4) is 0 Å². The second-order valence-electron chi connectivity index (χ2n) is 4.76. The highest BCUT2D eigenvalue weighted by molar-refractivity contribution is 5.19. The number of hydrogen-bond acceptors (Lipinski definition) is 3. The van der Waals surface area contributed by atoms with Crippen LogP contribution in [0.25, 0.3) is 0 Å². The molecule has 0 spiro atoms. The van der Waals surface area contributed by atoms with E-state index >= 15 is 0 Å². The van der Waals surface area contributed by atoms with Crippen molar-refractivity contribution in [2.45, 2.75) is 51.0 Å². The molecule has 1 atom stereocenters. The van der Waals surface area contributed by atoms with Gasteiger partial charge in [0, 0.05) is 11.6 Å². The van der Waals surface area contributed by atoms with E-state index in [1.165, 1.54) is 37.8 Å². The first-order chi connectivity index (χ1) is 7.72. The first-order valence-corrected chi connectivity index (χ1v) is 6.15. The molecule has 4 nitrogen and oxygen atoms in total. The minimum atomic E-state index is -0.379. The number of hydrogen-bond donors (Lipinski definition) is 3. The number of nitrogens with zero attached hydrogens (tertiary/aromatic N) is 1. The number of nitrogens with two attached hydrogens (primary N) is 1. The van der Waals surface area contributed by atoms with Gasteiger partial charge in [-0.15, -0.1) is 0 Å². The van der Waals surface area contributed by atoms with E-state index in [4.69, 9.17) is 10.8 Å². The quantitative estimate of drug-likeness (QED) is 0.731. The molecule has 1 aromatic rings. The smallest absolute Gasteiger partial charge is 0.125 e. The van der Waals surface area contributed by atoms with Gasteiger partial charge in [0.05, 0.1) is 18.3 Å². The summed E-state index contributed by atoms with van der Waals surface area (Å²) in [6.07, 6.45) is 6.43. The highest BCUT2D eigenvalue weighted by atomic mass is 16.3. The number of H-pyrrole nitrogens is 1. The van der Waals surface area contributed by atoms with Crippen molar-refractivity contribution >= 4 is 0 Å². The van der Waals surface area contributed by atoms with E-state index in [2.05, 4.69) is 9.97 Å². The molecule has 4 N–H and O–H groups in total. The van der Waals surface area contributed by atoms with Crippen LogP contribution in [0.4, 0.5) is 0 Å². The summed E-state index contributed by atoms with van der Waals surface area (Å²) < 4.78 is 0. The van der Waals surface area contributed by atoms with Crippen LogP contribution in [0.15, 0.2) is 0 Å². The highest BCUT2D eigenvalue weighted by Crippen LogP contribution is 2.33. The van der Waals surface area contributed by atoms with Gasteiger partial charge in [-0.25, -0.2) is 4.98 Å². The van der Waals surface area contributed by atoms with Crippen LogP contribution in [-0.4, -0.2) is 21.7 Å². The second kappa shape index (κ2) is 4.97. The number of rotatable bonds is 3. The summed E-state index contributed by atoms with van der Waals surface area (Å²) in [5.41, 5.74) is 8.04. The van der Waals surface area contributed by atoms with Gasteiger partial charge in [0.15, 0.2) is 0 Å². The Balaban J connectivity index is 2.17. The molecule has 1 aliphatic carbocycles. The predicted molar refractivity (Wildman–Crippen MR) is 63.2 cm³/mol. The first-order valence-electron chi connectivity index (χ1n) is 6.15. The van der Waals surface area contributed by atoms with E-state index in [0.29, 0.717) is 5.92 Å². The van der Waals surface area contributed by atoms with E-state index in [9.17, 15) is 0 Å². The Morgan fingerprint density at radius 3 is 2.75 bits per heavy atom. The van der Waals surface area contributed by atoms with Crippen molar-refractivity contribution < 1.29 is 5.11 Å². The van der Waals surface area contributed by atoms with Crippen LogP contribution in [0.1, 0.15) is 61.3 Å². The summed E-state index contributed by atoms with van der Waals surface area (Å²) >= 11 is 0. The summed E-state index contributed by atoms with van der Waals surface area (Å²) in [5, 5.41) is 9.01. The van der Waals surface area contributed by atoms with Crippen molar-refractivity contribution in [1.82, 2.24) is 9.97 Å². The number of aliphatic hydroxyl groups is 1. The maximum atomic E-state index is 9.01. The number of aryl methyl sites for hydroxylation is 1. The summed E-state index contributed by atoms with van der Waals surface area (Å²) in [6.45, 7) is 1.99. The average molecular weight is 223 g/mol. The molecule has 4 heteroatoms. The van der Waals surface area contributed by atoms with E-state index in [1.54, 1.807) is 0 Å². The second-order valence-corrected chi connectivity index (χ2v) is 4.76. The van der Waals surface area contributed by atoms with E-state index < -0.39 is 0 Å². The Kier molecular flexibility index (Phi) is 3.61. The molecule has 1 unspecified atom stereocenters. The molecule has 0 radical (unpaired) electrons. The van der Waals surface area contributed by atoms with Gasteiger partial charge in [0.2, 0.25) is 0 Å². The van der Waals surface area contributed by atoms with Gasteiger partial charge in [-0.3, -0.25) is 0 Å². The van der Waals surface area contributed by atoms with Gasteiger partial charge in [-0.05, 0) is 19.8 Å². The van der Waals surface area contributed by atoms with Gasteiger partial charge in [0.25, 0.3) is 0 Å². The number of aromatic amines is 1. The summed E-state index contributed by atoms with van der Waals surface area (Å²) in [6, 6.07) is -0.379. The largest absolute Gasteiger partial charge is 0.394 e. The Bertz CT molecular complexity index is 342. The van der Waals surface area contributed by atoms with E-state index in [0.717, 1.165) is 11.5 Å². The minimum Gasteiger partial charge on any atom is -0.394 e. The van der Waals surface area contributed by atoms with Gasteiger partial charge >= 0.3 is 0 Å². The Morgan fingerprint density at radius 2 is 2.12 bits per heavy atom. The Hall–Kier alpha value is -0.870. The molecular formula is C12H21N3O. The fourth-order valence-corrected chi connectivity index (χ4v) is 2.53. The molecule has 90 valence electrons. The van der Waals surface area contributed by atoms with Gasteiger partial charge in [-0.1, -0.05) is 19.3 Å². The molecule has 16 heavy (non-hydrogen) atoms.